The van der Waals surface area contributed by atoms with Crippen molar-refractivity contribution in [2.24, 2.45) is 11.7 Å². The quantitative estimate of drug-likeness (QED) is 0.620. The molecule has 0 spiro atoms. The summed E-state index contributed by atoms with van der Waals surface area (Å²) in [6, 6.07) is 0. The molecule has 0 heterocycles. The zero-order chi connectivity index (χ0) is 8.85. The number of rotatable bonds is 3. The van der Waals surface area contributed by atoms with Crippen molar-refractivity contribution in [1.29, 1.82) is 0 Å². The van der Waals surface area contributed by atoms with Gasteiger partial charge in [-0.1, -0.05) is 26.8 Å². The average molecular weight is 153 g/mol. The Morgan fingerprint density at radius 2 is 2.00 bits per heavy atom. The maximum atomic E-state index is 5.49. The first-order chi connectivity index (χ1) is 5.17. The van der Waals surface area contributed by atoms with E-state index >= 15 is 0 Å². The Balaban J connectivity index is 4.51. The molecule has 0 aromatic carbocycles. The molecular formula is C10H19N. The molecule has 0 bridgehead atoms. The van der Waals surface area contributed by atoms with Crippen molar-refractivity contribution in [3.8, 4) is 0 Å². The van der Waals surface area contributed by atoms with Gasteiger partial charge in [-0.05, 0) is 36.6 Å². The number of nitrogens with two attached hydrogens (primary N) is 1. The minimum atomic E-state index is 0.578. The van der Waals surface area contributed by atoms with Crippen LogP contribution in [-0.4, -0.2) is 0 Å². The van der Waals surface area contributed by atoms with Gasteiger partial charge in [-0.3, -0.25) is 0 Å². The van der Waals surface area contributed by atoms with Gasteiger partial charge >= 0.3 is 0 Å². The molecule has 0 aliphatic heterocycles. The number of hydrogen-bond acceptors (Lipinski definition) is 1. The van der Waals surface area contributed by atoms with E-state index in [1.165, 1.54) is 11.1 Å². The van der Waals surface area contributed by atoms with Crippen molar-refractivity contribution >= 4 is 0 Å². The summed E-state index contributed by atoms with van der Waals surface area (Å²) in [5.74, 6) is 0.578. The van der Waals surface area contributed by atoms with Crippen molar-refractivity contribution in [1.82, 2.24) is 0 Å². The van der Waals surface area contributed by atoms with Crippen molar-refractivity contribution in [3.63, 3.8) is 0 Å². The van der Waals surface area contributed by atoms with Crippen LogP contribution in [0, 0.1) is 5.92 Å². The van der Waals surface area contributed by atoms with E-state index in [9.17, 15) is 0 Å². The maximum Gasteiger partial charge on any atom is -0.00270 e. The Morgan fingerprint density at radius 1 is 1.45 bits per heavy atom. The predicted octanol–water partition coefficient (Wildman–Crippen LogP) is 2.84. The summed E-state index contributed by atoms with van der Waals surface area (Å²) in [5, 5.41) is 0. The minimum Gasteiger partial charge on any atom is -0.404 e. The van der Waals surface area contributed by atoms with Crippen molar-refractivity contribution in [3.05, 3.63) is 23.4 Å². The molecule has 0 radical (unpaired) electrons. The zero-order valence-corrected chi connectivity index (χ0v) is 8.02. The molecule has 2 N–H and O–H groups in total. The summed E-state index contributed by atoms with van der Waals surface area (Å²) >= 11 is 0. The maximum absolute atomic E-state index is 5.49. The largest absolute Gasteiger partial charge is 0.404 e. The minimum absolute atomic E-state index is 0.578. The van der Waals surface area contributed by atoms with Gasteiger partial charge in [-0.15, -0.1) is 0 Å². The van der Waals surface area contributed by atoms with Crippen molar-refractivity contribution in [2.45, 2.75) is 34.1 Å². The van der Waals surface area contributed by atoms with Crippen LogP contribution in [0.15, 0.2) is 23.4 Å². The van der Waals surface area contributed by atoms with Crippen LogP contribution in [0.5, 0.6) is 0 Å². The smallest absolute Gasteiger partial charge is 0.00270 e. The fourth-order valence-electron chi connectivity index (χ4n) is 1.31. The highest BCUT2D eigenvalue weighted by Crippen LogP contribution is 2.20. The highest BCUT2D eigenvalue weighted by atomic mass is 14.5. The second-order valence-electron chi connectivity index (χ2n) is 2.94. The Labute approximate surface area is 70.0 Å². The molecule has 0 rings (SSSR count). The summed E-state index contributed by atoms with van der Waals surface area (Å²) in [7, 11) is 0. The van der Waals surface area contributed by atoms with Crippen LogP contribution < -0.4 is 5.73 Å². The Morgan fingerprint density at radius 3 is 2.09 bits per heavy atom. The lowest BCUT2D eigenvalue weighted by atomic mass is 9.94. The molecular weight excluding hydrogens is 134 g/mol. The molecule has 0 saturated heterocycles. The van der Waals surface area contributed by atoms with E-state index in [2.05, 4.69) is 33.8 Å². The zero-order valence-electron chi connectivity index (χ0n) is 8.02. The summed E-state index contributed by atoms with van der Waals surface area (Å²) in [4.78, 5) is 0. The van der Waals surface area contributed by atoms with Gasteiger partial charge in [0.2, 0.25) is 0 Å². The fourth-order valence-corrected chi connectivity index (χ4v) is 1.31. The molecule has 0 aliphatic rings. The average Bonchev–Trinajstić information content (AvgIpc) is 1.99. The van der Waals surface area contributed by atoms with Gasteiger partial charge in [0, 0.05) is 0 Å². The third-order valence-corrected chi connectivity index (χ3v) is 1.89. The van der Waals surface area contributed by atoms with Gasteiger partial charge < -0.3 is 5.73 Å². The summed E-state index contributed by atoms with van der Waals surface area (Å²) < 4.78 is 0. The van der Waals surface area contributed by atoms with Gasteiger partial charge in [0.25, 0.3) is 0 Å². The van der Waals surface area contributed by atoms with Gasteiger partial charge in [-0.25, -0.2) is 0 Å². The van der Waals surface area contributed by atoms with Crippen molar-refractivity contribution < 1.29 is 0 Å². The molecule has 0 aromatic heterocycles. The van der Waals surface area contributed by atoms with Crippen molar-refractivity contribution in [2.75, 3.05) is 0 Å². The molecule has 1 heteroatoms. The predicted molar refractivity (Wildman–Crippen MR) is 51.2 cm³/mol. The van der Waals surface area contributed by atoms with Crippen LogP contribution in [0.4, 0.5) is 0 Å². The van der Waals surface area contributed by atoms with E-state index in [0.717, 1.165) is 6.42 Å². The Hall–Kier alpha value is -0.720. The molecule has 0 atom stereocenters. The highest BCUT2D eigenvalue weighted by molar-refractivity contribution is 5.30. The second kappa shape index (κ2) is 5.00. The molecule has 0 aromatic rings. The van der Waals surface area contributed by atoms with E-state index in [0.29, 0.717) is 5.92 Å². The van der Waals surface area contributed by atoms with Crippen LogP contribution >= 0.6 is 0 Å². The van der Waals surface area contributed by atoms with Gasteiger partial charge in [0.1, 0.15) is 0 Å². The first-order valence-corrected chi connectivity index (χ1v) is 4.24. The second-order valence-corrected chi connectivity index (χ2v) is 2.94. The highest BCUT2D eigenvalue weighted by Gasteiger charge is 2.05. The SMILES string of the molecule is C/C=C(\C(=C/N)CC)C(C)C. The topological polar surface area (TPSA) is 26.0 Å². The van der Waals surface area contributed by atoms with E-state index in [1.54, 1.807) is 6.20 Å². The molecule has 0 amide bonds. The van der Waals surface area contributed by atoms with E-state index in [1.807, 2.05) is 0 Å². The van der Waals surface area contributed by atoms with E-state index in [4.69, 9.17) is 5.73 Å². The molecule has 0 unspecified atom stereocenters. The third kappa shape index (κ3) is 2.79. The normalized spacial score (nSPS) is 14.3. The molecule has 64 valence electrons. The lowest BCUT2D eigenvalue weighted by Gasteiger charge is -2.12. The van der Waals surface area contributed by atoms with Crippen LogP contribution in [0.1, 0.15) is 34.1 Å². The lowest BCUT2D eigenvalue weighted by Crippen LogP contribution is -1.99. The van der Waals surface area contributed by atoms with Gasteiger partial charge in [-0.2, -0.15) is 0 Å². The number of hydrogen-bond donors (Lipinski definition) is 1. The third-order valence-electron chi connectivity index (χ3n) is 1.89. The standard InChI is InChI=1S/C10H19N/c1-5-9(7-11)10(6-2)8(3)4/h6-8H,5,11H2,1-4H3/b9-7-,10-6-. The molecule has 1 nitrogen and oxygen atoms in total. The monoisotopic (exact) mass is 153 g/mol. The van der Waals surface area contributed by atoms with E-state index in [-0.39, 0.29) is 0 Å². The Kier molecular flexibility index (Phi) is 4.67. The Bertz CT molecular complexity index is 164. The first-order valence-electron chi connectivity index (χ1n) is 4.24. The van der Waals surface area contributed by atoms with Crippen LogP contribution in [0.3, 0.4) is 0 Å². The summed E-state index contributed by atoms with van der Waals surface area (Å²) in [6.45, 7) is 8.57. The van der Waals surface area contributed by atoms with E-state index < -0.39 is 0 Å². The number of allylic oxidation sites excluding steroid dienone is 3. The van der Waals surface area contributed by atoms with Gasteiger partial charge in [0.05, 0.1) is 0 Å². The fraction of sp³-hybridized carbons (Fsp3) is 0.600. The van der Waals surface area contributed by atoms with Gasteiger partial charge in [0.15, 0.2) is 0 Å². The van der Waals surface area contributed by atoms with Crippen LogP contribution in [-0.2, 0) is 0 Å². The molecule has 0 aliphatic carbocycles. The van der Waals surface area contributed by atoms with Crippen LogP contribution in [0.2, 0.25) is 0 Å². The molecule has 11 heavy (non-hydrogen) atoms. The summed E-state index contributed by atoms with van der Waals surface area (Å²) in [5.41, 5.74) is 8.13. The molecule has 0 saturated carbocycles. The van der Waals surface area contributed by atoms with Crippen LogP contribution in [0.25, 0.3) is 0 Å². The lowest BCUT2D eigenvalue weighted by molar-refractivity contribution is 0.763. The molecule has 0 fully saturated rings. The first kappa shape index (κ1) is 10.3. The summed E-state index contributed by atoms with van der Waals surface area (Å²) in [6.07, 6.45) is 4.89.